The average molecular weight is 490 g/mol. The number of fused-ring (bicyclic) bond motifs is 1. The van der Waals surface area contributed by atoms with Crippen LogP contribution in [0.3, 0.4) is 0 Å². The van der Waals surface area contributed by atoms with Gasteiger partial charge in [0.1, 0.15) is 6.54 Å². The highest BCUT2D eigenvalue weighted by Gasteiger charge is 2.40. The molecule has 2 N–H and O–H groups in total. The van der Waals surface area contributed by atoms with Crippen LogP contribution in [-0.2, 0) is 9.59 Å². The van der Waals surface area contributed by atoms with E-state index in [1.54, 1.807) is 29.4 Å². The van der Waals surface area contributed by atoms with Crippen molar-refractivity contribution >= 4 is 29.1 Å². The van der Waals surface area contributed by atoms with E-state index in [1.165, 1.54) is 25.7 Å². The zero-order valence-corrected chi connectivity index (χ0v) is 20.9. The number of nitrogens with zero attached hydrogens (tertiary/aromatic N) is 3. The lowest BCUT2D eigenvalue weighted by atomic mass is 10.1. The van der Waals surface area contributed by atoms with Gasteiger partial charge in [0.15, 0.2) is 0 Å². The molecule has 1 aromatic heterocycles. The fourth-order valence-corrected chi connectivity index (χ4v) is 5.30. The van der Waals surface area contributed by atoms with Gasteiger partial charge in [-0.3, -0.25) is 24.3 Å². The number of benzene rings is 1. The van der Waals surface area contributed by atoms with Gasteiger partial charge in [0, 0.05) is 30.0 Å². The summed E-state index contributed by atoms with van der Waals surface area (Å²) in [7, 11) is 0. The van der Waals surface area contributed by atoms with Crippen molar-refractivity contribution in [2.75, 3.05) is 22.9 Å². The van der Waals surface area contributed by atoms with E-state index in [0.717, 1.165) is 36.9 Å². The van der Waals surface area contributed by atoms with Crippen LogP contribution in [0.25, 0.3) is 0 Å². The minimum atomic E-state index is -0.221. The van der Waals surface area contributed by atoms with E-state index in [0.29, 0.717) is 17.3 Å². The summed E-state index contributed by atoms with van der Waals surface area (Å²) in [5.74, 6) is -0.413. The third kappa shape index (κ3) is 5.43. The molecule has 2 aliphatic carbocycles. The summed E-state index contributed by atoms with van der Waals surface area (Å²) in [6.45, 7) is 2.12. The highest BCUT2D eigenvalue weighted by molar-refractivity contribution is 6.13. The molecule has 2 aromatic rings. The van der Waals surface area contributed by atoms with Gasteiger partial charge in [-0.25, -0.2) is 0 Å². The van der Waals surface area contributed by atoms with Crippen molar-refractivity contribution in [2.45, 2.75) is 76.4 Å². The summed E-state index contributed by atoms with van der Waals surface area (Å²) in [5, 5.41) is 6.46. The Labute approximate surface area is 212 Å². The molecule has 2 heterocycles. The highest BCUT2D eigenvalue weighted by atomic mass is 16.2. The number of nitrogens with one attached hydrogen (secondary N) is 2. The molecule has 8 heteroatoms. The molecule has 1 atom stereocenters. The number of anilines is 2. The van der Waals surface area contributed by atoms with Crippen molar-refractivity contribution in [3.8, 4) is 0 Å². The second-order valence-corrected chi connectivity index (χ2v) is 10.2. The summed E-state index contributed by atoms with van der Waals surface area (Å²) in [5.41, 5.74) is 2.78. The third-order valence-corrected chi connectivity index (χ3v) is 7.51. The quantitative estimate of drug-likeness (QED) is 0.578. The van der Waals surface area contributed by atoms with Crippen LogP contribution >= 0.6 is 0 Å². The Kier molecular flexibility index (Phi) is 7.32. The molecule has 1 aromatic carbocycles. The average Bonchev–Trinajstić information content (AvgIpc) is 3.75. The van der Waals surface area contributed by atoms with Crippen LogP contribution in [0.5, 0.6) is 0 Å². The van der Waals surface area contributed by atoms with Gasteiger partial charge in [-0.1, -0.05) is 25.7 Å². The van der Waals surface area contributed by atoms with E-state index >= 15 is 0 Å². The molecular formula is C28H35N5O3. The first-order chi connectivity index (χ1) is 17.5. The molecule has 1 aliphatic heterocycles. The van der Waals surface area contributed by atoms with Crippen LogP contribution < -0.4 is 20.4 Å². The van der Waals surface area contributed by atoms with Gasteiger partial charge in [0.2, 0.25) is 11.8 Å². The van der Waals surface area contributed by atoms with Gasteiger partial charge in [0.25, 0.3) is 5.91 Å². The second-order valence-electron chi connectivity index (χ2n) is 10.2. The standard InChI is InChI=1S/C28H35N5O3/c1-19(20-12-14-29-15-13-20)31-28(36)21-8-11-24-25(16-21)32(18-27(35)33(24)23-9-10-23)26(34)17-30-22-6-4-2-3-5-7-22/h8,11-16,19,22-23,30H,2-7,9-10,17-18H2,1H3,(H,31,36). The van der Waals surface area contributed by atoms with Crippen molar-refractivity contribution in [3.05, 3.63) is 53.9 Å². The Hall–Kier alpha value is -3.26. The fourth-order valence-electron chi connectivity index (χ4n) is 5.30. The van der Waals surface area contributed by atoms with Crippen LogP contribution in [0, 0.1) is 0 Å². The molecule has 0 radical (unpaired) electrons. The van der Waals surface area contributed by atoms with Gasteiger partial charge < -0.3 is 15.5 Å². The number of hydrogen-bond donors (Lipinski definition) is 2. The predicted octanol–water partition coefficient (Wildman–Crippen LogP) is 3.73. The summed E-state index contributed by atoms with van der Waals surface area (Å²) >= 11 is 0. The molecule has 190 valence electrons. The maximum atomic E-state index is 13.4. The molecule has 0 bridgehead atoms. The molecule has 1 unspecified atom stereocenters. The minimum Gasteiger partial charge on any atom is -0.346 e. The van der Waals surface area contributed by atoms with Crippen LogP contribution in [0.4, 0.5) is 11.4 Å². The topological polar surface area (TPSA) is 94.6 Å². The minimum absolute atomic E-state index is 0.00711. The van der Waals surface area contributed by atoms with Crippen molar-refractivity contribution < 1.29 is 14.4 Å². The Balaban J connectivity index is 1.36. The zero-order valence-electron chi connectivity index (χ0n) is 20.9. The van der Waals surface area contributed by atoms with E-state index in [1.807, 2.05) is 30.0 Å². The maximum absolute atomic E-state index is 13.4. The first kappa shape index (κ1) is 24.4. The predicted molar refractivity (Wildman–Crippen MR) is 139 cm³/mol. The molecular weight excluding hydrogens is 454 g/mol. The highest BCUT2D eigenvalue weighted by Crippen LogP contribution is 2.41. The Morgan fingerprint density at radius 2 is 1.72 bits per heavy atom. The number of amides is 3. The van der Waals surface area contributed by atoms with E-state index in [4.69, 9.17) is 0 Å². The number of aromatic nitrogens is 1. The lowest BCUT2D eigenvalue weighted by Gasteiger charge is -2.37. The summed E-state index contributed by atoms with van der Waals surface area (Å²) < 4.78 is 0. The molecule has 3 amide bonds. The van der Waals surface area contributed by atoms with Gasteiger partial charge >= 0.3 is 0 Å². The summed E-state index contributed by atoms with van der Waals surface area (Å²) in [6, 6.07) is 9.40. The fraction of sp³-hybridized carbons (Fsp3) is 0.500. The van der Waals surface area contributed by atoms with Gasteiger partial charge in [-0.2, -0.15) is 0 Å². The molecule has 0 saturated heterocycles. The van der Waals surface area contributed by atoms with E-state index in [9.17, 15) is 14.4 Å². The number of hydrogen-bond acceptors (Lipinski definition) is 5. The van der Waals surface area contributed by atoms with Gasteiger partial charge in [0.05, 0.1) is 24.0 Å². The number of pyridine rings is 1. The Bertz CT molecular complexity index is 1110. The van der Waals surface area contributed by atoms with E-state index in [2.05, 4.69) is 15.6 Å². The molecule has 2 saturated carbocycles. The first-order valence-electron chi connectivity index (χ1n) is 13.2. The largest absolute Gasteiger partial charge is 0.346 e. The molecule has 2 fully saturated rings. The Morgan fingerprint density at radius 1 is 1.00 bits per heavy atom. The number of carbonyl (C=O) groups excluding carboxylic acids is 3. The van der Waals surface area contributed by atoms with Crippen LogP contribution in [0.2, 0.25) is 0 Å². The molecule has 5 rings (SSSR count). The SMILES string of the molecule is CC(NC(=O)c1ccc2c(c1)N(C(=O)CNC1CCCCCC1)CC(=O)N2C1CC1)c1ccncc1. The molecule has 0 spiro atoms. The summed E-state index contributed by atoms with van der Waals surface area (Å²) in [6.07, 6.45) is 12.4. The van der Waals surface area contributed by atoms with Gasteiger partial charge in [-0.15, -0.1) is 0 Å². The second kappa shape index (κ2) is 10.8. The smallest absolute Gasteiger partial charge is 0.251 e. The lowest BCUT2D eigenvalue weighted by Crippen LogP contribution is -2.51. The number of carbonyl (C=O) groups is 3. The number of rotatable bonds is 7. The van der Waals surface area contributed by atoms with Gasteiger partial charge in [-0.05, 0) is 68.5 Å². The van der Waals surface area contributed by atoms with Crippen LogP contribution in [0.15, 0.2) is 42.7 Å². The normalized spacial score (nSPS) is 19.4. The first-order valence-corrected chi connectivity index (χ1v) is 13.2. The van der Waals surface area contributed by atoms with Crippen molar-refractivity contribution in [3.63, 3.8) is 0 Å². The third-order valence-electron chi connectivity index (χ3n) is 7.51. The molecule has 3 aliphatic rings. The summed E-state index contributed by atoms with van der Waals surface area (Å²) in [4.78, 5) is 46.9. The lowest BCUT2D eigenvalue weighted by molar-refractivity contribution is -0.122. The zero-order chi connectivity index (χ0) is 25.1. The molecule has 8 nitrogen and oxygen atoms in total. The maximum Gasteiger partial charge on any atom is 0.251 e. The Morgan fingerprint density at radius 3 is 2.42 bits per heavy atom. The van der Waals surface area contributed by atoms with E-state index < -0.39 is 0 Å². The van der Waals surface area contributed by atoms with Crippen molar-refractivity contribution in [1.82, 2.24) is 15.6 Å². The van der Waals surface area contributed by atoms with Crippen molar-refractivity contribution in [1.29, 1.82) is 0 Å². The van der Waals surface area contributed by atoms with Crippen LogP contribution in [-0.4, -0.2) is 47.9 Å². The monoisotopic (exact) mass is 489 g/mol. The van der Waals surface area contributed by atoms with Crippen LogP contribution in [0.1, 0.15) is 80.3 Å². The van der Waals surface area contributed by atoms with E-state index in [-0.39, 0.29) is 42.9 Å². The molecule has 36 heavy (non-hydrogen) atoms. The van der Waals surface area contributed by atoms with Crippen molar-refractivity contribution in [2.24, 2.45) is 0 Å².